The quantitative estimate of drug-likeness (QED) is 0.888. The van der Waals surface area contributed by atoms with Crippen LogP contribution in [0.1, 0.15) is 18.4 Å². The second-order valence-corrected chi connectivity index (χ2v) is 6.91. The van der Waals surface area contributed by atoms with E-state index in [1.807, 2.05) is 12.3 Å². The highest BCUT2D eigenvalue weighted by Crippen LogP contribution is 2.38. The lowest BCUT2D eigenvalue weighted by molar-refractivity contribution is 0.0264. The van der Waals surface area contributed by atoms with E-state index in [1.54, 1.807) is 0 Å². The zero-order valence-corrected chi connectivity index (χ0v) is 13.7. The van der Waals surface area contributed by atoms with Crippen molar-refractivity contribution in [3.8, 4) is 0 Å². The number of hydrogen-bond acceptors (Lipinski definition) is 5. The molecule has 1 unspecified atom stereocenters. The smallest absolute Gasteiger partial charge is 0.135 e. The summed E-state index contributed by atoms with van der Waals surface area (Å²) in [6, 6.07) is 10.7. The van der Waals surface area contributed by atoms with Gasteiger partial charge in [-0.25, -0.2) is 4.98 Å². The van der Waals surface area contributed by atoms with Gasteiger partial charge in [0.05, 0.1) is 24.1 Å². The summed E-state index contributed by atoms with van der Waals surface area (Å²) in [7, 11) is 0. The number of pyridine rings is 1. The van der Waals surface area contributed by atoms with Crippen LogP contribution in [0.3, 0.4) is 0 Å². The van der Waals surface area contributed by atoms with Gasteiger partial charge in [0.1, 0.15) is 5.82 Å². The molecule has 0 spiro atoms. The van der Waals surface area contributed by atoms with Gasteiger partial charge in [-0.05, 0) is 43.0 Å². The van der Waals surface area contributed by atoms with Crippen LogP contribution in [0.25, 0.3) is 0 Å². The van der Waals surface area contributed by atoms with Crippen molar-refractivity contribution >= 4 is 22.9 Å². The molecule has 1 aromatic heterocycles. The number of morpholine rings is 1. The molecule has 5 nitrogen and oxygen atoms in total. The van der Waals surface area contributed by atoms with E-state index in [9.17, 15) is 0 Å². The Bertz CT molecular complexity index is 759. The molecule has 3 heterocycles. The van der Waals surface area contributed by atoms with Gasteiger partial charge in [-0.3, -0.25) is 0 Å². The van der Waals surface area contributed by atoms with Crippen LogP contribution in [-0.2, 0) is 11.3 Å². The van der Waals surface area contributed by atoms with E-state index in [0.717, 1.165) is 49.4 Å². The molecular formula is C19H22N4O. The number of anilines is 4. The molecule has 1 atom stereocenters. The molecule has 2 aliphatic heterocycles. The monoisotopic (exact) mass is 322 g/mol. The fraction of sp³-hybridized carbons (Fsp3) is 0.421. The van der Waals surface area contributed by atoms with Gasteiger partial charge in [0.25, 0.3) is 0 Å². The van der Waals surface area contributed by atoms with Crippen LogP contribution in [0.2, 0.25) is 0 Å². The molecule has 5 rings (SSSR count). The van der Waals surface area contributed by atoms with Crippen molar-refractivity contribution in [3.63, 3.8) is 0 Å². The Morgan fingerprint density at radius 3 is 3.04 bits per heavy atom. The number of nitrogens with zero attached hydrogens (tertiary/aromatic N) is 2. The fourth-order valence-corrected chi connectivity index (χ4v) is 3.66. The third kappa shape index (κ3) is 2.59. The van der Waals surface area contributed by atoms with Gasteiger partial charge in [-0.15, -0.1) is 0 Å². The van der Waals surface area contributed by atoms with E-state index in [2.05, 4.69) is 44.8 Å². The van der Waals surface area contributed by atoms with Crippen LogP contribution in [0.5, 0.6) is 0 Å². The van der Waals surface area contributed by atoms with E-state index in [1.165, 1.54) is 24.1 Å². The first-order chi connectivity index (χ1) is 11.9. The lowest BCUT2D eigenvalue weighted by Gasteiger charge is -2.35. The first-order valence-electron chi connectivity index (χ1n) is 8.82. The predicted octanol–water partition coefficient (Wildman–Crippen LogP) is 3.37. The number of aromatic nitrogens is 1. The fourth-order valence-electron chi connectivity index (χ4n) is 3.66. The van der Waals surface area contributed by atoms with Crippen molar-refractivity contribution < 1.29 is 4.74 Å². The third-order valence-electron chi connectivity index (χ3n) is 5.22. The number of nitrogens with one attached hydrogen (secondary N) is 2. The Hall–Kier alpha value is -2.27. The van der Waals surface area contributed by atoms with Crippen LogP contribution < -0.4 is 15.5 Å². The van der Waals surface area contributed by atoms with Gasteiger partial charge in [0.15, 0.2) is 0 Å². The molecule has 24 heavy (non-hydrogen) atoms. The predicted molar refractivity (Wildman–Crippen MR) is 96.0 cm³/mol. The van der Waals surface area contributed by atoms with Gasteiger partial charge >= 0.3 is 0 Å². The van der Waals surface area contributed by atoms with Crippen molar-refractivity contribution in [2.45, 2.75) is 25.5 Å². The standard InChI is InChI=1S/C19H22N4O/c1-2-14-11-21-17-10-15(5-6-16(17)22-19(14)20-7-1)23-8-9-24-18(12-23)13-3-4-13/h1-2,5-7,10,13,18,21H,3-4,8-9,11-12H2,(H,20,22). The largest absolute Gasteiger partial charge is 0.379 e. The molecule has 124 valence electrons. The summed E-state index contributed by atoms with van der Waals surface area (Å²) < 4.78 is 5.95. The molecule has 2 aromatic rings. The lowest BCUT2D eigenvalue weighted by atomic mass is 10.1. The van der Waals surface area contributed by atoms with Crippen molar-refractivity contribution in [2.24, 2.45) is 5.92 Å². The van der Waals surface area contributed by atoms with Crippen LogP contribution >= 0.6 is 0 Å². The van der Waals surface area contributed by atoms with Crippen molar-refractivity contribution in [3.05, 3.63) is 42.1 Å². The number of fused-ring (bicyclic) bond motifs is 2. The zero-order valence-electron chi connectivity index (χ0n) is 13.7. The molecular weight excluding hydrogens is 300 g/mol. The number of rotatable bonds is 2. The molecule has 1 aliphatic carbocycles. The maximum atomic E-state index is 5.95. The van der Waals surface area contributed by atoms with Crippen molar-refractivity contribution in [1.82, 2.24) is 4.98 Å². The highest BCUT2D eigenvalue weighted by Gasteiger charge is 2.35. The van der Waals surface area contributed by atoms with Crippen molar-refractivity contribution in [1.29, 1.82) is 0 Å². The first kappa shape index (κ1) is 14.1. The van der Waals surface area contributed by atoms with E-state index >= 15 is 0 Å². The van der Waals surface area contributed by atoms with E-state index in [0.29, 0.717) is 6.10 Å². The van der Waals surface area contributed by atoms with Crippen LogP contribution in [0.4, 0.5) is 22.9 Å². The summed E-state index contributed by atoms with van der Waals surface area (Å²) >= 11 is 0. The minimum absolute atomic E-state index is 0.414. The summed E-state index contributed by atoms with van der Waals surface area (Å²) in [5.41, 5.74) is 4.69. The van der Waals surface area contributed by atoms with E-state index in [-0.39, 0.29) is 0 Å². The highest BCUT2D eigenvalue weighted by atomic mass is 16.5. The molecule has 0 amide bonds. The summed E-state index contributed by atoms with van der Waals surface area (Å²) in [6.45, 7) is 3.61. The van der Waals surface area contributed by atoms with Gasteiger partial charge in [0, 0.05) is 37.1 Å². The second kappa shape index (κ2) is 5.67. The minimum atomic E-state index is 0.414. The van der Waals surface area contributed by atoms with Gasteiger partial charge in [-0.2, -0.15) is 0 Å². The topological polar surface area (TPSA) is 49.4 Å². The molecule has 2 N–H and O–H groups in total. The second-order valence-electron chi connectivity index (χ2n) is 6.91. The Morgan fingerprint density at radius 1 is 1.17 bits per heavy atom. The molecule has 1 saturated carbocycles. The summed E-state index contributed by atoms with van der Waals surface area (Å²) in [4.78, 5) is 6.91. The van der Waals surface area contributed by atoms with Crippen LogP contribution in [-0.4, -0.2) is 30.8 Å². The van der Waals surface area contributed by atoms with Crippen LogP contribution in [0, 0.1) is 5.92 Å². The highest BCUT2D eigenvalue weighted by molar-refractivity contribution is 5.79. The average molecular weight is 322 g/mol. The number of benzene rings is 1. The summed E-state index contributed by atoms with van der Waals surface area (Å²) in [6.07, 6.45) is 4.91. The minimum Gasteiger partial charge on any atom is -0.379 e. The average Bonchev–Trinajstić information content (AvgIpc) is 3.48. The molecule has 1 saturated heterocycles. The van der Waals surface area contributed by atoms with Crippen molar-refractivity contribution in [2.75, 3.05) is 35.2 Å². The molecule has 0 bridgehead atoms. The van der Waals surface area contributed by atoms with E-state index < -0.39 is 0 Å². The van der Waals surface area contributed by atoms with E-state index in [4.69, 9.17) is 4.74 Å². The SMILES string of the molecule is c1cnc2c(c1)CNc1cc(N3CCOC(C4CC4)C3)ccc1N2. The molecule has 0 radical (unpaired) electrons. The first-order valence-corrected chi connectivity index (χ1v) is 8.82. The molecule has 3 aliphatic rings. The zero-order chi connectivity index (χ0) is 15.9. The number of ether oxygens (including phenoxy) is 1. The molecule has 1 aromatic carbocycles. The Balaban J connectivity index is 1.40. The van der Waals surface area contributed by atoms with Gasteiger partial charge in [-0.1, -0.05) is 6.07 Å². The maximum absolute atomic E-state index is 5.95. The van der Waals surface area contributed by atoms with Crippen LogP contribution in [0.15, 0.2) is 36.5 Å². The lowest BCUT2D eigenvalue weighted by Crippen LogP contribution is -2.43. The normalized spacial score (nSPS) is 22.7. The third-order valence-corrected chi connectivity index (χ3v) is 5.22. The Kier molecular flexibility index (Phi) is 3.33. The summed E-state index contributed by atoms with van der Waals surface area (Å²) in [5.74, 6) is 1.73. The Labute approximate surface area is 142 Å². The summed E-state index contributed by atoms with van der Waals surface area (Å²) in [5, 5.41) is 7.00. The Morgan fingerprint density at radius 2 is 2.12 bits per heavy atom. The number of hydrogen-bond donors (Lipinski definition) is 2. The molecule has 2 fully saturated rings. The molecule has 5 heteroatoms. The maximum Gasteiger partial charge on any atom is 0.135 e. The van der Waals surface area contributed by atoms with Gasteiger partial charge in [0.2, 0.25) is 0 Å². The van der Waals surface area contributed by atoms with Gasteiger partial charge < -0.3 is 20.3 Å².